The third kappa shape index (κ3) is 7.65. The van der Waals surface area contributed by atoms with Gasteiger partial charge in [-0.3, -0.25) is 9.59 Å². The summed E-state index contributed by atoms with van der Waals surface area (Å²) in [6, 6.07) is 3.73. The fourth-order valence-electron chi connectivity index (χ4n) is 1.90. The second-order valence-electron chi connectivity index (χ2n) is 5.38. The first-order valence-electron chi connectivity index (χ1n) is 7.15. The maximum absolute atomic E-state index is 12.0. The van der Waals surface area contributed by atoms with Crippen molar-refractivity contribution in [2.75, 3.05) is 32.5 Å². The normalized spacial score (nSPS) is 12.2. The van der Waals surface area contributed by atoms with Crippen LogP contribution < -0.4 is 10.6 Å². The van der Waals surface area contributed by atoms with Crippen molar-refractivity contribution in [3.63, 3.8) is 0 Å². The van der Waals surface area contributed by atoms with Crippen LogP contribution in [-0.2, 0) is 9.59 Å². The van der Waals surface area contributed by atoms with Gasteiger partial charge in [0.2, 0.25) is 5.91 Å². The SMILES string of the molecule is CN(C)CCCN[C@H](CC(=O)Nc1cc(Cl)ccc1Cl)C(=O)O. The predicted molar refractivity (Wildman–Crippen MR) is 92.3 cm³/mol. The zero-order valence-electron chi connectivity index (χ0n) is 13.1. The summed E-state index contributed by atoms with van der Waals surface area (Å²) in [5.74, 6) is -1.51. The van der Waals surface area contributed by atoms with Crippen molar-refractivity contribution in [1.82, 2.24) is 10.2 Å². The summed E-state index contributed by atoms with van der Waals surface area (Å²) in [5.41, 5.74) is 0.362. The molecule has 1 amide bonds. The lowest BCUT2D eigenvalue weighted by Gasteiger charge is -2.16. The van der Waals surface area contributed by atoms with Gasteiger partial charge in [0.1, 0.15) is 6.04 Å². The largest absolute Gasteiger partial charge is 0.480 e. The number of aliphatic carboxylic acids is 1. The number of carboxylic acid groups (broad SMARTS) is 1. The third-order valence-corrected chi connectivity index (χ3v) is 3.63. The van der Waals surface area contributed by atoms with Crippen molar-refractivity contribution in [3.05, 3.63) is 28.2 Å². The molecule has 6 nitrogen and oxygen atoms in total. The summed E-state index contributed by atoms with van der Waals surface area (Å²) in [6.45, 7) is 1.35. The van der Waals surface area contributed by atoms with Gasteiger partial charge in [-0.15, -0.1) is 0 Å². The summed E-state index contributed by atoms with van der Waals surface area (Å²) < 4.78 is 0. The van der Waals surface area contributed by atoms with Gasteiger partial charge in [-0.1, -0.05) is 23.2 Å². The Morgan fingerprint density at radius 1 is 1.30 bits per heavy atom. The molecule has 23 heavy (non-hydrogen) atoms. The molecular weight excluding hydrogens is 341 g/mol. The molecule has 1 atom stereocenters. The zero-order chi connectivity index (χ0) is 17.4. The van der Waals surface area contributed by atoms with E-state index in [1.807, 2.05) is 19.0 Å². The number of rotatable bonds is 9. The van der Waals surface area contributed by atoms with E-state index in [-0.39, 0.29) is 6.42 Å². The van der Waals surface area contributed by atoms with Crippen molar-refractivity contribution in [3.8, 4) is 0 Å². The molecule has 0 radical (unpaired) electrons. The fraction of sp³-hybridized carbons (Fsp3) is 0.467. The molecule has 0 spiro atoms. The van der Waals surface area contributed by atoms with Gasteiger partial charge in [0, 0.05) is 5.02 Å². The summed E-state index contributed by atoms with van der Waals surface area (Å²) in [6.07, 6.45) is 0.596. The molecule has 0 saturated carbocycles. The van der Waals surface area contributed by atoms with E-state index < -0.39 is 17.9 Å². The minimum atomic E-state index is -1.07. The molecule has 0 aliphatic carbocycles. The first-order valence-corrected chi connectivity index (χ1v) is 7.91. The Kier molecular flexibility index (Phi) is 8.33. The molecular formula is C15H21Cl2N3O3. The minimum Gasteiger partial charge on any atom is -0.480 e. The van der Waals surface area contributed by atoms with Crippen LogP contribution in [0.3, 0.4) is 0 Å². The molecule has 0 unspecified atom stereocenters. The lowest BCUT2D eigenvalue weighted by atomic mass is 10.2. The first kappa shape index (κ1) is 19.7. The summed E-state index contributed by atoms with van der Waals surface area (Å²) >= 11 is 11.8. The number of anilines is 1. The van der Waals surface area contributed by atoms with Crippen molar-refractivity contribution < 1.29 is 14.7 Å². The van der Waals surface area contributed by atoms with Gasteiger partial charge in [0.05, 0.1) is 17.1 Å². The molecule has 0 aliphatic heterocycles. The number of halogens is 2. The number of benzene rings is 1. The number of carboxylic acids is 1. The molecule has 0 fully saturated rings. The first-order chi connectivity index (χ1) is 10.8. The van der Waals surface area contributed by atoms with Crippen molar-refractivity contribution in [1.29, 1.82) is 0 Å². The summed E-state index contributed by atoms with van der Waals surface area (Å²) in [4.78, 5) is 25.2. The van der Waals surface area contributed by atoms with E-state index in [1.165, 1.54) is 6.07 Å². The van der Waals surface area contributed by atoms with Crippen molar-refractivity contribution in [2.24, 2.45) is 0 Å². The van der Waals surface area contributed by atoms with Gasteiger partial charge >= 0.3 is 5.97 Å². The van der Waals surface area contributed by atoms with E-state index in [9.17, 15) is 14.7 Å². The standard InChI is InChI=1S/C15H21Cl2N3O3/c1-20(2)7-3-6-18-13(15(22)23)9-14(21)19-12-8-10(16)4-5-11(12)17/h4-5,8,13,18H,3,6-7,9H2,1-2H3,(H,19,21)(H,22,23)/t13-/m1/s1. The Morgan fingerprint density at radius 3 is 2.61 bits per heavy atom. The fourth-order valence-corrected chi connectivity index (χ4v) is 2.24. The van der Waals surface area contributed by atoms with Crippen molar-refractivity contribution in [2.45, 2.75) is 18.9 Å². The van der Waals surface area contributed by atoms with Crippen LogP contribution in [-0.4, -0.2) is 55.1 Å². The van der Waals surface area contributed by atoms with E-state index in [0.29, 0.717) is 22.3 Å². The predicted octanol–water partition coefficient (Wildman–Crippen LogP) is 2.32. The Labute approximate surface area is 145 Å². The highest BCUT2D eigenvalue weighted by molar-refractivity contribution is 6.35. The van der Waals surface area contributed by atoms with Crippen LogP contribution in [0, 0.1) is 0 Å². The molecule has 8 heteroatoms. The van der Waals surface area contributed by atoms with Crippen LogP contribution in [0.15, 0.2) is 18.2 Å². The number of nitrogens with zero attached hydrogens (tertiary/aromatic N) is 1. The van der Waals surface area contributed by atoms with E-state index in [2.05, 4.69) is 10.6 Å². The number of carbonyl (C=O) groups excluding carboxylic acids is 1. The second kappa shape index (κ2) is 9.72. The van der Waals surface area contributed by atoms with Crippen LogP contribution >= 0.6 is 23.2 Å². The molecule has 3 N–H and O–H groups in total. The molecule has 1 aromatic rings. The van der Waals surface area contributed by atoms with Gasteiger partial charge in [-0.2, -0.15) is 0 Å². The number of carbonyl (C=O) groups is 2. The van der Waals surface area contributed by atoms with Gasteiger partial charge in [0.15, 0.2) is 0 Å². The number of hydrogen-bond acceptors (Lipinski definition) is 4. The Morgan fingerprint density at radius 2 is 2.00 bits per heavy atom. The minimum absolute atomic E-state index is 0.194. The van der Waals surface area contributed by atoms with Gasteiger partial charge < -0.3 is 20.6 Å². The quantitative estimate of drug-likeness (QED) is 0.588. The van der Waals surface area contributed by atoms with Gasteiger partial charge in [0.25, 0.3) is 0 Å². The Bertz CT molecular complexity index is 553. The highest BCUT2D eigenvalue weighted by atomic mass is 35.5. The molecule has 0 saturated heterocycles. The maximum atomic E-state index is 12.0. The van der Waals surface area contributed by atoms with Crippen LogP contribution in [0.1, 0.15) is 12.8 Å². The lowest BCUT2D eigenvalue weighted by molar-refractivity contribution is -0.141. The Balaban J connectivity index is 2.53. The smallest absolute Gasteiger partial charge is 0.321 e. The number of hydrogen-bond donors (Lipinski definition) is 3. The van der Waals surface area contributed by atoms with Crippen LogP contribution in [0.4, 0.5) is 5.69 Å². The number of nitrogens with one attached hydrogen (secondary N) is 2. The van der Waals surface area contributed by atoms with Crippen LogP contribution in [0.25, 0.3) is 0 Å². The maximum Gasteiger partial charge on any atom is 0.321 e. The topological polar surface area (TPSA) is 81.7 Å². The van der Waals surface area contributed by atoms with E-state index in [1.54, 1.807) is 12.1 Å². The summed E-state index contributed by atoms with van der Waals surface area (Å²) in [7, 11) is 3.88. The Hall–Kier alpha value is -1.34. The highest BCUT2D eigenvalue weighted by Gasteiger charge is 2.21. The second-order valence-corrected chi connectivity index (χ2v) is 6.22. The van der Waals surface area contributed by atoms with Crippen LogP contribution in [0.2, 0.25) is 10.0 Å². The molecule has 128 valence electrons. The van der Waals surface area contributed by atoms with E-state index in [4.69, 9.17) is 23.2 Å². The molecule has 0 aromatic heterocycles. The lowest BCUT2D eigenvalue weighted by Crippen LogP contribution is -2.40. The number of amides is 1. The molecule has 0 aliphatic rings. The van der Waals surface area contributed by atoms with E-state index in [0.717, 1.165) is 13.0 Å². The van der Waals surface area contributed by atoms with E-state index >= 15 is 0 Å². The van der Waals surface area contributed by atoms with Gasteiger partial charge in [-0.25, -0.2) is 0 Å². The average molecular weight is 362 g/mol. The third-order valence-electron chi connectivity index (χ3n) is 3.06. The highest BCUT2D eigenvalue weighted by Crippen LogP contribution is 2.25. The molecule has 0 heterocycles. The van der Waals surface area contributed by atoms with Crippen LogP contribution in [0.5, 0.6) is 0 Å². The van der Waals surface area contributed by atoms with Crippen molar-refractivity contribution >= 4 is 40.8 Å². The average Bonchev–Trinajstić information content (AvgIpc) is 2.45. The molecule has 1 rings (SSSR count). The zero-order valence-corrected chi connectivity index (χ0v) is 14.6. The monoisotopic (exact) mass is 361 g/mol. The molecule has 0 bridgehead atoms. The molecule has 1 aromatic carbocycles. The summed E-state index contributed by atoms with van der Waals surface area (Å²) in [5, 5.41) is 15.4. The van der Waals surface area contributed by atoms with Gasteiger partial charge in [-0.05, 0) is 51.8 Å².